The second kappa shape index (κ2) is 6.31. The number of anilines is 2. The summed E-state index contributed by atoms with van der Waals surface area (Å²) < 4.78 is 0. The minimum atomic E-state index is -0.502. The first-order valence-electron chi connectivity index (χ1n) is 6.99. The van der Waals surface area contributed by atoms with Crippen LogP contribution >= 0.6 is 0 Å². The van der Waals surface area contributed by atoms with Crippen LogP contribution in [-0.2, 0) is 6.54 Å². The van der Waals surface area contributed by atoms with E-state index in [1.165, 1.54) is 5.56 Å². The summed E-state index contributed by atoms with van der Waals surface area (Å²) in [5, 5.41) is 0. The average molecular weight is 283 g/mol. The van der Waals surface area contributed by atoms with E-state index >= 15 is 0 Å². The summed E-state index contributed by atoms with van der Waals surface area (Å²) in [5.74, 6) is -0.502. The van der Waals surface area contributed by atoms with Crippen LogP contribution in [0.1, 0.15) is 29.8 Å². The van der Waals surface area contributed by atoms with E-state index in [0.717, 1.165) is 12.2 Å². The number of hydrogen-bond donors (Lipinski definition) is 2. The van der Waals surface area contributed by atoms with E-state index in [1.54, 1.807) is 12.1 Å². The second-order valence-corrected chi connectivity index (χ2v) is 5.34. The highest BCUT2D eigenvalue weighted by Gasteiger charge is 2.14. The molecule has 0 atom stereocenters. The molecule has 0 aliphatic carbocycles. The number of rotatable bonds is 5. The summed E-state index contributed by atoms with van der Waals surface area (Å²) in [7, 11) is 0. The van der Waals surface area contributed by atoms with Gasteiger partial charge in [-0.1, -0.05) is 30.3 Å². The Kier molecular flexibility index (Phi) is 4.48. The molecule has 4 nitrogen and oxygen atoms in total. The van der Waals surface area contributed by atoms with Crippen LogP contribution in [0.25, 0.3) is 0 Å². The molecule has 0 radical (unpaired) electrons. The SMILES string of the molecule is CC(C)N(Cc1ccccc1)c1ccc(N)c(C(N)=O)c1. The van der Waals surface area contributed by atoms with Gasteiger partial charge in [0, 0.05) is 24.0 Å². The molecule has 2 aromatic carbocycles. The zero-order valence-electron chi connectivity index (χ0n) is 12.4. The molecule has 2 rings (SSSR count). The van der Waals surface area contributed by atoms with Gasteiger partial charge < -0.3 is 16.4 Å². The smallest absolute Gasteiger partial charge is 0.250 e. The monoisotopic (exact) mass is 283 g/mol. The van der Waals surface area contributed by atoms with E-state index in [2.05, 4.69) is 30.9 Å². The van der Waals surface area contributed by atoms with Crippen LogP contribution in [0.2, 0.25) is 0 Å². The minimum absolute atomic E-state index is 0.287. The topological polar surface area (TPSA) is 72.3 Å². The van der Waals surface area contributed by atoms with Crippen LogP contribution in [-0.4, -0.2) is 11.9 Å². The van der Waals surface area contributed by atoms with Crippen molar-refractivity contribution in [3.8, 4) is 0 Å². The van der Waals surface area contributed by atoms with Gasteiger partial charge in [-0.2, -0.15) is 0 Å². The lowest BCUT2D eigenvalue weighted by molar-refractivity contribution is 0.100. The van der Waals surface area contributed by atoms with Crippen molar-refractivity contribution in [1.29, 1.82) is 0 Å². The fraction of sp³-hybridized carbons (Fsp3) is 0.235. The fourth-order valence-corrected chi connectivity index (χ4v) is 2.29. The quantitative estimate of drug-likeness (QED) is 0.829. The van der Waals surface area contributed by atoms with Crippen molar-refractivity contribution in [3.63, 3.8) is 0 Å². The maximum absolute atomic E-state index is 11.4. The Hall–Kier alpha value is -2.49. The van der Waals surface area contributed by atoms with Crippen LogP contribution in [0.15, 0.2) is 48.5 Å². The van der Waals surface area contributed by atoms with Crippen LogP contribution < -0.4 is 16.4 Å². The Morgan fingerprint density at radius 1 is 1.14 bits per heavy atom. The van der Waals surface area contributed by atoms with Crippen molar-refractivity contribution >= 4 is 17.3 Å². The molecule has 4 heteroatoms. The molecule has 0 fully saturated rings. The molecule has 0 aliphatic heterocycles. The Morgan fingerprint density at radius 2 is 1.81 bits per heavy atom. The van der Waals surface area contributed by atoms with Gasteiger partial charge >= 0.3 is 0 Å². The molecule has 0 spiro atoms. The second-order valence-electron chi connectivity index (χ2n) is 5.34. The molecule has 1 amide bonds. The van der Waals surface area contributed by atoms with Gasteiger partial charge in [0.15, 0.2) is 0 Å². The summed E-state index contributed by atoms with van der Waals surface area (Å²) in [5.41, 5.74) is 14.1. The molecular formula is C17H21N3O. The Morgan fingerprint density at radius 3 is 2.38 bits per heavy atom. The first-order valence-corrected chi connectivity index (χ1v) is 6.99. The molecular weight excluding hydrogens is 262 g/mol. The number of primary amides is 1. The van der Waals surface area contributed by atoms with Crippen molar-refractivity contribution in [3.05, 3.63) is 59.7 Å². The van der Waals surface area contributed by atoms with E-state index < -0.39 is 5.91 Å². The highest BCUT2D eigenvalue weighted by molar-refractivity contribution is 5.99. The third-order valence-electron chi connectivity index (χ3n) is 3.45. The van der Waals surface area contributed by atoms with Crippen LogP contribution in [0.4, 0.5) is 11.4 Å². The molecule has 21 heavy (non-hydrogen) atoms. The van der Waals surface area contributed by atoms with Crippen molar-refractivity contribution in [2.45, 2.75) is 26.4 Å². The van der Waals surface area contributed by atoms with Gasteiger partial charge in [-0.15, -0.1) is 0 Å². The van der Waals surface area contributed by atoms with Gasteiger partial charge in [-0.3, -0.25) is 4.79 Å². The highest BCUT2D eigenvalue weighted by atomic mass is 16.1. The van der Waals surface area contributed by atoms with E-state index in [9.17, 15) is 4.79 Å². The van der Waals surface area contributed by atoms with Crippen LogP contribution in [0, 0.1) is 0 Å². The van der Waals surface area contributed by atoms with Gasteiger partial charge in [0.1, 0.15) is 0 Å². The number of benzene rings is 2. The standard InChI is InChI=1S/C17H21N3O/c1-12(2)20(11-13-6-4-3-5-7-13)14-8-9-16(18)15(10-14)17(19)21/h3-10,12H,11,18H2,1-2H3,(H2,19,21). The number of amides is 1. The zero-order chi connectivity index (χ0) is 15.4. The summed E-state index contributed by atoms with van der Waals surface area (Å²) in [6.45, 7) is 4.99. The molecule has 0 bridgehead atoms. The van der Waals surface area contributed by atoms with Crippen LogP contribution in [0.3, 0.4) is 0 Å². The molecule has 2 aromatic rings. The third-order valence-corrected chi connectivity index (χ3v) is 3.45. The van der Waals surface area contributed by atoms with Crippen LogP contribution in [0.5, 0.6) is 0 Å². The van der Waals surface area contributed by atoms with Gasteiger partial charge in [0.05, 0.1) is 5.56 Å². The number of hydrogen-bond acceptors (Lipinski definition) is 3. The summed E-state index contributed by atoms with van der Waals surface area (Å²) in [6, 6.07) is 15.9. The largest absolute Gasteiger partial charge is 0.398 e. The lowest BCUT2D eigenvalue weighted by atomic mass is 10.1. The maximum Gasteiger partial charge on any atom is 0.250 e. The molecule has 110 valence electrons. The fourth-order valence-electron chi connectivity index (χ4n) is 2.29. The summed E-state index contributed by atoms with van der Waals surface area (Å²) >= 11 is 0. The molecule has 0 unspecified atom stereocenters. The van der Waals surface area contributed by atoms with E-state index in [-0.39, 0.29) is 6.04 Å². The Bertz CT molecular complexity index is 623. The normalized spacial score (nSPS) is 10.6. The van der Waals surface area contributed by atoms with Crippen molar-refractivity contribution in [2.24, 2.45) is 5.73 Å². The highest BCUT2D eigenvalue weighted by Crippen LogP contribution is 2.24. The summed E-state index contributed by atoms with van der Waals surface area (Å²) in [6.07, 6.45) is 0. The van der Waals surface area contributed by atoms with Gasteiger partial charge in [-0.05, 0) is 37.6 Å². The Labute approximate surface area is 125 Å². The average Bonchev–Trinajstić information content (AvgIpc) is 2.46. The minimum Gasteiger partial charge on any atom is -0.398 e. The predicted octanol–water partition coefficient (Wildman–Crippen LogP) is 2.78. The zero-order valence-corrected chi connectivity index (χ0v) is 12.4. The predicted molar refractivity (Wildman–Crippen MR) is 87.1 cm³/mol. The van der Waals surface area contributed by atoms with E-state index in [0.29, 0.717) is 11.3 Å². The van der Waals surface area contributed by atoms with Crippen molar-refractivity contribution < 1.29 is 4.79 Å². The van der Waals surface area contributed by atoms with E-state index in [4.69, 9.17) is 11.5 Å². The molecule has 0 aliphatic rings. The number of nitrogens with two attached hydrogens (primary N) is 2. The van der Waals surface area contributed by atoms with Gasteiger partial charge in [-0.25, -0.2) is 0 Å². The number of carbonyl (C=O) groups is 1. The first-order chi connectivity index (χ1) is 9.99. The molecule has 0 aromatic heterocycles. The molecule has 0 saturated carbocycles. The summed E-state index contributed by atoms with van der Waals surface area (Å²) in [4.78, 5) is 13.7. The third kappa shape index (κ3) is 3.54. The van der Waals surface area contributed by atoms with Gasteiger partial charge in [0.25, 0.3) is 5.91 Å². The first kappa shape index (κ1) is 14.9. The van der Waals surface area contributed by atoms with E-state index in [1.807, 2.05) is 24.3 Å². The van der Waals surface area contributed by atoms with Crippen molar-refractivity contribution in [2.75, 3.05) is 10.6 Å². The van der Waals surface area contributed by atoms with Gasteiger partial charge in [0.2, 0.25) is 0 Å². The maximum atomic E-state index is 11.4. The Balaban J connectivity index is 2.35. The number of carbonyl (C=O) groups excluding carboxylic acids is 1. The number of nitrogens with zero attached hydrogens (tertiary/aromatic N) is 1. The number of nitrogen functional groups attached to an aromatic ring is 1. The molecule has 0 saturated heterocycles. The molecule has 0 heterocycles. The van der Waals surface area contributed by atoms with Crippen molar-refractivity contribution in [1.82, 2.24) is 0 Å². The lowest BCUT2D eigenvalue weighted by Crippen LogP contribution is -2.30. The molecule has 4 N–H and O–H groups in total. The lowest BCUT2D eigenvalue weighted by Gasteiger charge is -2.29.